The van der Waals surface area contributed by atoms with Crippen LogP contribution in [0.25, 0.3) is 11.7 Å². The molecule has 94 valence electrons. The van der Waals surface area contributed by atoms with Crippen molar-refractivity contribution in [2.45, 2.75) is 0 Å². The molecule has 3 N–H and O–H groups in total. The Bertz CT molecular complexity index is 601. The number of hydrogen-bond donors (Lipinski definition) is 2. The van der Waals surface area contributed by atoms with Crippen molar-refractivity contribution in [3.05, 3.63) is 30.3 Å². The normalized spacial score (nSPS) is 11.7. The van der Waals surface area contributed by atoms with Gasteiger partial charge in [0.25, 0.3) is 0 Å². The van der Waals surface area contributed by atoms with Gasteiger partial charge in [-0.1, -0.05) is 6.08 Å². The van der Waals surface area contributed by atoms with E-state index >= 15 is 0 Å². The lowest BCUT2D eigenvalue weighted by Gasteiger charge is -2.00. The fourth-order valence-corrected chi connectivity index (χ4v) is 1.39. The van der Waals surface area contributed by atoms with Crippen molar-refractivity contribution < 1.29 is 4.74 Å². The lowest BCUT2D eigenvalue weighted by atomic mass is 10.4. The van der Waals surface area contributed by atoms with E-state index in [1.165, 1.54) is 4.52 Å². The summed E-state index contributed by atoms with van der Waals surface area (Å²) >= 11 is 0. The van der Waals surface area contributed by atoms with Crippen LogP contribution in [0, 0.1) is 0 Å². The van der Waals surface area contributed by atoms with Crippen LogP contribution in [0.1, 0.15) is 5.82 Å². The number of allylic oxidation sites excluding steroid dienone is 2. The van der Waals surface area contributed by atoms with Gasteiger partial charge in [-0.3, -0.25) is 0 Å². The van der Waals surface area contributed by atoms with E-state index in [0.717, 1.165) is 0 Å². The van der Waals surface area contributed by atoms with E-state index in [1.54, 1.807) is 44.7 Å². The first-order chi connectivity index (χ1) is 8.74. The lowest BCUT2D eigenvalue weighted by molar-refractivity contribution is 0.338. The first-order valence-corrected chi connectivity index (χ1v) is 5.31. The number of nitrogen functional groups attached to an aromatic ring is 1. The van der Waals surface area contributed by atoms with E-state index in [9.17, 15) is 0 Å². The number of nitrogens with one attached hydrogen (secondary N) is 1. The molecule has 0 amide bonds. The number of methoxy groups -OCH3 is 1. The highest BCUT2D eigenvalue weighted by Crippen LogP contribution is 2.11. The third-order valence-electron chi connectivity index (χ3n) is 2.19. The molecule has 0 aliphatic rings. The van der Waals surface area contributed by atoms with Crippen molar-refractivity contribution in [2.75, 3.05) is 25.2 Å². The van der Waals surface area contributed by atoms with Crippen LogP contribution in [0.2, 0.25) is 0 Å². The fraction of sp³-hybridized carbons (Fsp3) is 0.182. The topological polar surface area (TPSA) is 90.4 Å². The maximum Gasteiger partial charge on any atom is 0.225 e. The molecule has 0 radical (unpaired) electrons. The van der Waals surface area contributed by atoms with Gasteiger partial charge in [0, 0.05) is 13.1 Å². The fourth-order valence-electron chi connectivity index (χ4n) is 1.39. The van der Waals surface area contributed by atoms with Crippen molar-refractivity contribution in [1.29, 1.82) is 0 Å². The molecule has 2 aromatic rings. The quantitative estimate of drug-likeness (QED) is 0.616. The number of ether oxygens (including phenoxy) is 1. The minimum atomic E-state index is 0.288. The zero-order chi connectivity index (χ0) is 13.0. The number of rotatable bonds is 4. The average molecular weight is 246 g/mol. The predicted octanol–water partition coefficient (Wildman–Crippen LogP) is 0.921. The third-order valence-corrected chi connectivity index (χ3v) is 2.19. The van der Waals surface area contributed by atoms with Gasteiger partial charge < -0.3 is 15.8 Å². The lowest BCUT2D eigenvalue weighted by Crippen LogP contribution is -2.04. The SMILES string of the molecule is CNc1cc2nc(/C=C/C=C\OC)nn2c(N)n1. The van der Waals surface area contributed by atoms with Crippen LogP contribution in [0.3, 0.4) is 0 Å². The summed E-state index contributed by atoms with van der Waals surface area (Å²) in [7, 11) is 3.35. The Balaban J connectivity index is 2.35. The molecular weight excluding hydrogens is 232 g/mol. The molecule has 0 saturated carbocycles. The molecule has 0 spiro atoms. The Morgan fingerprint density at radius 1 is 1.39 bits per heavy atom. The highest BCUT2D eigenvalue weighted by atomic mass is 16.5. The summed E-state index contributed by atoms with van der Waals surface area (Å²) in [4.78, 5) is 8.42. The zero-order valence-electron chi connectivity index (χ0n) is 10.2. The molecule has 0 fully saturated rings. The molecule has 18 heavy (non-hydrogen) atoms. The van der Waals surface area contributed by atoms with Gasteiger partial charge in [0.2, 0.25) is 5.95 Å². The van der Waals surface area contributed by atoms with Gasteiger partial charge in [0.05, 0.1) is 13.4 Å². The minimum absolute atomic E-state index is 0.288. The monoisotopic (exact) mass is 246 g/mol. The van der Waals surface area contributed by atoms with Crippen molar-refractivity contribution in [3.63, 3.8) is 0 Å². The molecule has 2 aromatic heterocycles. The Kier molecular flexibility index (Phi) is 3.42. The Morgan fingerprint density at radius 3 is 2.94 bits per heavy atom. The summed E-state index contributed by atoms with van der Waals surface area (Å²) in [5.41, 5.74) is 6.41. The minimum Gasteiger partial charge on any atom is -0.504 e. The van der Waals surface area contributed by atoms with Gasteiger partial charge in [-0.2, -0.15) is 9.50 Å². The molecule has 0 saturated heterocycles. The Hall–Kier alpha value is -2.57. The summed E-state index contributed by atoms with van der Waals surface area (Å²) < 4.78 is 6.26. The number of anilines is 2. The summed E-state index contributed by atoms with van der Waals surface area (Å²) in [6, 6.07) is 1.77. The average Bonchev–Trinajstić information content (AvgIpc) is 2.78. The molecule has 0 aromatic carbocycles. The van der Waals surface area contributed by atoms with Gasteiger partial charge in [0.15, 0.2) is 11.5 Å². The number of nitrogens with zero attached hydrogens (tertiary/aromatic N) is 4. The van der Waals surface area contributed by atoms with Crippen LogP contribution in [-0.4, -0.2) is 33.7 Å². The second kappa shape index (κ2) is 5.17. The van der Waals surface area contributed by atoms with E-state index in [-0.39, 0.29) is 5.95 Å². The summed E-state index contributed by atoms with van der Waals surface area (Å²) in [5.74, 6) is 1.50. The molecule has 0 aliphatic carbocycles. The highest BCUT2D eigenvalue weighted by Gasteiger charge is 2.06. The summed E-state index contributed by atoms with van der Waals surface area (Å²) in [6.07, 6.45) is 6.83. The van der Waals surface area contributed by atoms with Gasteiger partial charge in [-0.15, -0.1) is 5.10 Å². The molecule has 0 bridgehead atoms. The Morgan fingerprint density at radius 2 is 2.22 bits per heavy atom. The van der Waals surface area contributed by atoms with E-state index in [4.69, 9.17) is 10.5 Å². The number of fused-ring (bicyclic) bond motifs is 1. The maximum absolute atomic E-state index is 5.77. The molecule has 0 aliphatic heterocycles. The second-order valence-corrected chi connectivity index (χ2v) is 3.41. The smallest absolute Gasteiger partial charge is 0.225 e. The molecule has 2 heterocycles. The van der Waals surface area contributed by atoms with Crippen molar-refractivity contribution >= 4 is 23.5 Å². The zero-order valence-corrected chi connectivity index (χ0v) is 10.2. The molecule has 0 atom stereocenters. The largest absolute Gasteiger partial charge is 0.504 e. The van der Waals surface area contributed by atoms with Crippen LogP contribution < -0.4 is 11.1 Å². The third kappa shape index (κ3) is 2.40. The molecule has 0 unspecified atom stereocenters. The van der Waals surface area contributed by atoms with Crippen molar-refractivity contribution in [3.8, 4) is 0 Å². The first kappa shape index (κ1) is 11.9. The summed E-state index contributed by atoms with van der Waals surface area (Å²) in [5, 5.41) is 7.13. The molecule has 7 nitrogen and oxygen atoms in total. The van der Waals surface area contributed by atoms with Gasteiger partial charge in [-0.05, 0) is 12.2 Å². The van der Waals surface area contributed by atoms with Crippen LogP contribution in [0.15, 0.2) is 24.5 Å². The number of hydrogen-bond acceptors (Lipinski definition) is 6. The van der Waals surface area contributed by atoms with Gasteiger partial charge in [-0.25, -0.2) is 4.98 Å². The van der Waals surface area contributed by atoms with E-state index < -0.39 is 0 Å². The molecule has 7 heteroatoms. The van der Waals surface area contributed by atoms with E-state index in [1.807, 2.05) is 0 Å². The van der Waals surface area contributed by atoms with Crippen LogP contribution in [0.5, 0.6) is 0 Å². The van der Waals surface area contributed by atoms with E-state index in [2.05, 4.69) is 20.4 Å². The van der Waals surface area contributed by atoms with Crippen molar-refractivity contribution in [1.82, 2.24) is 19.6 Å². The Labute approximate surface area is 104 Å². The molecule has 2 rings (SSSR count). The van der Waals surface area contributed by atoms with Gasteiger partial charge >= 0.3 is 0 Å². The van der Waals surface area contributed by atoms with Crippen molar-refractivity contribution in [2.24, 2.45) is 0 Å². The second-order valence-electron chi connectivity index (χ2n) is 3.41. The number of nitrogens with two attached hydrogens (primary N) is 1. The standard InChI is InChI=1S/C11H14N6O/c1-13-9-7-10-14-8(5-3-4-6-18-2)16-17(10)11(12)15-9/h3-7,13H,1-2H3,(H2,12,15)/b5-3+,6-4-. The first-order valence-electron chi connectivity index (χ1n) is 5.31. The predicted molar refractivity (Wildman–Crippen MR) is 69.9 cm³/mol. The highest BCUT2D eigenvalue weighted by molar-refractivity contribution is 5.56. The maximum atomic E-state index is 5.77. The molecular formula is C11H14N6O. The summed E-state index contributed by atoms with van der Waals surface area (Å²) in [6.45, 7) is 0. The number of aromatic nitrogens is 4. The van der Waals surface area contributed by atoms with Crippen LogP contribution in [-0.2, 0) is 4.74 Å². The van der Waals surface area contributed by atoms with E-state index in [0.29, 0.717) is 17.3 Å². The van der Waals surface area contributed by atoms with Crippen LogP contribution >= 0.6 is 0 Å². The van der Waals surface area contributed by atoms with Crippen LogP contribution in [0.4, 0.5) is 11.8 Å². The van der Waals surface area contributed by atoms with Gasteiger partial charge in [0.1, 0.15) is 5.82 Å².